The van der Waals surface area contributed by atoms with Gasteiger partial charge in [-0.15, -0.1) is 0 Å². The molecule has 0 radical (unpaired) electrons. The highest BCUT2D eigenvalue weighted by molar-refractivity contribution is 6.07. The molecule has 3 amide bonds. The molecule has 3 aromatic rings. The number of nitrogens with zero attached hydrogens (tertiary/aromatic N) is 2. The standard InChI is InChI=1S/C25H28N6O4/c1-25(2,3)35-24(34)29-13-12-28-22(32)17-6-4-16(5-7-17)18-14-20(21(26)30-15-18)23(33)31-19-8-10-27-11-9-19/h4-11,14-15H,12-13H2,1-3H3,(H2,26,30)(H,28,32)(H,29,34)(H,27,31,33). The third kappa shape index (κ3) is 7.53. The van der Waals surface area contributed by atoms with Crippen LogP contribution in [0.4, 0.5) is 16.3 Å². The summed E-state index contributed by atoms with van der Waals surface area (Å²) >= 11 is 0. The van der Waals surface area contributed by atoms with Gasteiger partial charge in [-0.05, 0) is 56.7 Å². The fourth-order valence-corrected chi connectivity index (χ4v) is 3.02. The highest BCUT2D eigenvalue weighted by Crippen LogP contribution is 2.23. The highest BCUT2D eigenvalue weighted by atomic mass is 16.6. The first-order valence-electron chi connectivity index (χ1n) is 10.9. The lowest BCUT2D eigenvalue weighted by Crippen LogP contribution is -2.37. The van der Waals surface area contributed by atoms with Gasteiger partial charge in [0.1, 0.15) is 11.4 Å². The lowest BCUT2D eigenvalue weighted by Gasteiger charge is -2.19. The van der Waals surface area contributed by atoms with Gasteiger partial charge in [0.2, 0.25) is 0 Å². The second-order valence-corrected chi connectivity index (χ2v) is 8.61. The molecule has 10 heteroatoms. The second-order valence-electron chi connectivity index (χ2n) is 8.61. The van der Waals surface area contributed by atoms with Crippen molar-refractivity contribution < 1.29 is 19.1 Å². The van der Waals surface area contributed by atoms with Gasteiger partial charge in [0.05, 0.1) is 5.56 Å². The van der Waals surface area contributed by atoms with Gasteiger partial charge < -0.3 is 26.4 Å². The molecule has 35 heavy (non-hydrogen) atoms. The lowest BCUT2D eigenvalue weighted by molar-refractivity contribution is 0.0526. The molecule has 0 atom stereocenters. The van der Waals surface area contributed by atoms with Crippen LogP contribution in [0.2, 0.25) is 0 Å². The summed E-state index contributed by atoms with van der Waals surface area (Å²) in [6, 6.07) is 11.8. The number of anilines is 2. The van der Waals surface area contributed by atoms with Crippen LogP contribution < -0.4 is 21.7 Å². The average molecular weight is 477 g/mol. The molecule has 3 rings (SSSR count). The van der Waals surface area contributed by atoms with Crippen molar-refractivity contribution in [2.24, 2.45) is 0 Å². The molecule has 0 spiro atoms. The van der Waals surface area contributed by atoms with Crippen LogP contribution in [-0.4, -0.2) is 46.6 Å². The number of carbonyl (C=O) groups is 3. The molecule has 0 unspecified atom stereocenters. The Hall–Kier alpha value is -4.47. The minimum atomic E-state index is -0.584. The van der Waals surface area contributed by atoms with Crippen molar-refractivity contribution >= 4 is 29.4 Å². The predicted molar refractivity (Wildman–Crippen MR) is 133 cm³/mol. The van der Waals surface area contributed by atoms with Crippen LogP contribution in [0.3, 0.4) is 0 Å². The number of amides is 3. The Labute approximate surface area is 203 Å². The van der Waals surface area contributed by atoms with Gasteiger partial charge in [-0.3, -0.25) is 14.6 Å². The van der Waals surface area contributed by atoms with Gasteiger partial charge in [0.15, 0.2) is 0 Å². The van der Waals surface area contributed by atoms with Gasteiger partial charge >= 0.3 is 6.09 Å². The van der Waals surface area contributed by atoms with Gasteiger partial charge in [0, 0.05) is 48.5 Å². The van der Waals surface area contributed by atoms with Crippen molar-refractivity contribution in [3.8, 4) is 11.1 Å². The Morgan fingerprint density at radius 2 is 1.57 bits per heavy atom. The van der Waals surface area contributed by atoms with Crippen LogP contribution >= 0.6 is 0 Å². The SMILES string of the molecule is CC(C)(C)OC(=O)NCCNC(=O)c1ccc(-c2cnc(N)c(C(=O)Nc3ccncc3)c2)cc1. The second kappa shape index (κ2) is 11.1. The molecule has 182 valence electrons. The molecule has 2 heterocycles. The summed E-state index contributed by atoms with van der Waals surface area (Å²) in [7, 11) is 0. The van der Waals surface area contributed by atoms with Gasteiger partial charge in [-0.2, -0.15) is 0 Å². The summed E-state index contributed by atoms with van der Waals surface area (Å²) < 4.78 is 5.14. The maximum atomic E-state index is 12.7. The van der Waals surface area contributed by atoms with Crippen LogP contribution in [-0.2, 0) is 4.74 Å². The number of aromatic nitrogens is 2. The number of benzene rings is 1. The summed E-state index contributed by atoms with van der Waals surface area (Å²) in [6.45, 7) is 5.81. The molecule has 0 fully saturated rings. The van der Waals surface area contributed by atoms with E-state index in [1.54, 1.807) is 81.8 Å². The van der Waals surface area contributed by atoms with E-state index in [0.29, 0.717) is 16.8 Å². The maximum absolute atomic E-state index is 12.7. The molecular formula is C25H28N6O4. The van der Waals surface area contributed by atoms with E-state index >= 15 is 0 Å². The zero-order valence-corrected chi connectivity index (χ0v) is 19.8. The van der Waals surface area contributed by atoms with E-state index in [4.69, 9.17) is 10.5 Å². The third-order valence-electron chi connectivity index (χ3n) is 4.66. The fourth-order valence-electron chi connectivity index (χ4n) is 3.02. The molecule has 2 aromatic heterocycles. The molecule has 0 aliphatic rings. The minimum absolute atomic E-state index is 0.108. The van der Waals surface area contributed by atoms with Crippen LogP contribution in [0.25, 0.3) is 11.1 Å². The van der Waals surface area contributed by atoms with E-state index < -0.39 is 11.7 Å². The number of nitrogens with one attached hydrogen (secondary N) is 3. The Morgan fingerprint density at radius 3 is 2.23 bits per heavy atom. The normalized spacial score (nSPS) is 10.8. The minimum Gasteiger partial charge on any atom is -0.444 e. The monoisotopic (exact) mass is 476 g/mol. The third-order valence-corrected chi connectivity index (χ3v) is 4.66. The number of ether oxygens (including phenoxy) is 1. The summed E-state index contributed by atoms with van der Waals surface area (Å²) in [5, 5.41) is 8.08. The largest absolute Gasteiger partial charge is 0.444 e. The molecule has 5 N–H and O–H groups in total. The predicted octanol–water partition coefficient (Wildman–Crippen LogP) is 3.23. The fraction of sp³-hybridized carbons (Fsp3) is 0.240. The first kappa shape index (κ1) is 25.2. The quantitative estimate of drug-likeness (QED) is 0.383. The summed E-state index contributed by atoms with van der Waals surface area (Å²) in [5.74, 6) is -0.564. The van der Waals surface area contributed by atoms with Crippen LogP contribution in [0.1, 0.15) is 41.5 Å². The van der Waals surface area contributed by atoms with Crippen LogP contribution in [0.15, 0.2) is 61.1 Å². The molecule has 0 aliphatic heterocycles. The smallest absolute Gasteiger partial charge is 0.407 e. The lowest BCUT2D eigenvalue weighted by atomic mass is 10.0. The van der Waals surface area contributed by atoms with E-state index in [2.05, 4.69) is 25.9 Å². The highest BCUT2D eigenvalue weighted by Gasteiger charge is 2.16. The maximum Gasteiger partial charge on any atom is 0.407 e. The Kier molecular flexibility index (Phi) is 7.98. The Bertz CT molecular complexity index is 1190. The number of rotatable bonds is 7. The molecule has 0 aliphatic carbocycles. The summed E-state index contributed by atoms with van der Waals surface area (Å²) in [4.78, 5) is 44.7. The number of hydrogen-bond acceptors (Lipinski definition) is 7. The average Bonchev–Trinajstić information content (AvgIpc) is 2.81. The molecule has 0 saturated carbocycles. The van der Waals surface area contributed by atoms with E-state index in [9.17, 15) is 14.4 Å². The topological polar surface area (TPSA) is 148 Å². The van der Waals surface area contributed by atoms with Crippen molar-refractivity contribution in [2.75, 3.05) is 24.1 Å². The molecule has 10 nitrogen and oxygen atoms in total. The number of alkyl carbamates (subject to hydrolysis) is 1. The number of pyridine rings is 2. The van der Waals surface area contributed by atoms with E-state index in [0.717, 1.165) is 5.56 Å². The molecular weight excluding hydrogens is 448 g/mol. The Balaban J connectivity index is 1.59. The summed E-state index contributed by atoms with van der Waals surface area (Å²) in [6.07, 6.45) is 4.17. The van der Waals surface area contributed by atoms with Crippen LogP contribution in [0.5, 0.6) is 0 Å². The zero-order chi connectivity index (χ0) is 25.4. The molecule has 0 bridgehead atoms. The van der Waals surface area contributed by atoms with Crippen molar-refractivity contribution in [1.29, 1.82) is 0 Å². The number of nitrogens with two attached hydrogens (primary N) is 1. The van der Waals surface area contributed by atoms with Crippen LogP contribution in [0, 0.1) is 0 Å². The van der Waals surface area contributed by atoms with Crippen molar-refractivity contribution in [2.45, 2.75) is 26.4 Å². The zero-order valence-electron chi connectivity index (χ0n) is 19.8. The molecule has 0 saturated heterocycles. The first-order valence-corrected chi connectivity index (χ1v) is 10.9. The summed E-state index contributed by atoms with van der Waals surface area (Å²) in [5.41, 5.74) is 8.05. The van der Waals surface area contributed by atoms with E-state index in [-0.39, 0.29) is 36.3 Å². The van der Waals surface area contributed by atoms with E-state index in [1.165, 1.54) is 0 Å². The van der Waals surface area contributed by atoms with E-state index in [1.807, 2.05) is 0 Å². The Morgan fingerprint density at radius 1 is 0.914 bits per heavy atom. The van der Waals surface area contributed by atoms with Gasteiger partial charge in [-0.1, -0.05) is 12.1 Å². The number of nitrogen functional groups attached to an aromatic ring is 1. The van der Waals surface area contributed by atoms with Crippen molar-refractivity contribution in [3.63, 3.8) is 0 Å². The van der Waals surface area contributed by atoms with Crippen molar-refractivity contribution in [3.05, 3.63) is 72.2 Å². The molecule has 1 aromatic carbocycles. The van der Waals surface area contributed by atoms with Gasteiger partial charge in [0.25, 0.3) is 11.8 Å². The number of hydrogen-bond donors (Lipinski definition) is 4. The number of carbonyl (C=O) groups excluding carboxylic acids is 3. The first-order chi connectivity index (χ1) is 16.6. The van der Waals surface area contributed by atoms with Gasteiger partial charge in [-0.25, -0.2) is 9.78 Å². The van der Waals surface area contributed by atoms with Crippen molar-refractivity contribution in [1.82, 2.24) is 20.6 Å².